The van der Waals surface area contributed by atoms with Crippen molar-refractivity contribution in [3.05, 3.63) is 167 Å². The molecule has 0 unspecified atom stereocenters. The Kier molecular flexibility index (Phi) is 12.4. The van der Waals surface area contributed by atoms with Crippen molar-refractivity contribution in [1.82, 2.24) is 10.2 Å². The molecule has 262 valence electrons. The summed E-state index contributed by atoms with van der Waals surface area (Å²) in [6.45, 7) is 2.56. The molecule has 1 aliphatic heterocycles. The van der Waals surface area contributed by atoms with Gasteiger partial charge in [-0.25, -0.2) is 0 Å². The van der Waals surface area contributed by atoms with Gasteiger partial charge in [-0.3, -0.25) is 14.5 Å². The first-order valence-electron chi connectivity index (χ1n) is 17.4. The van der Waals surface area contributed by atoms with Gasteiger partial charge in [0.15, 0.2) is 6.29 Å². The first-order valence-corrected chi connectivity index (χ1v) is 17.4. The lowest BCUT2D eigenvalue weighted by Crippen LogP contribution is -2.39. The number of benzene rings is 5. The number of nitrogens with one attached hydrogen (secondary N) is 1. The van der Waals surface area contributed by atoms with Crippen molar-refractivity contribution in [3.63, 3.8) is 0 Å². The molecule has 0 bridgehead atoms. The van der Waals surface area contributed by atoms with Crippen molar-refractivity contribution in [2.75, 3.05) is 6.54 Å². The lowest BCUT2D eigenvalue weighted by Gasteiger charge is -2.38. The molecule has 1 amide bonds. The molecule has 51 heavy (non-hydrogen) atoms. The summed E-state index contributed by atoms with van der Waals surface area (Å²) in [5.41, 5.74) is 8.16. The van der Waals surface area contributed by atoms with E-state index in [9.17, 15) is 14.7 Å². The van der Waals surface area contributed by atoms with Crippen molar-refractivity contribution in [2.45, 2.75) is 64.0 Å². The van der Waals surface area contributed by atoms with Crippen LogP contribution in [0.25, 0.3) is 11.1 Å². The number of carbonyl (C=O) groups is 2. The molecule has 6 rings (SSSR count). The Hall–Kier alpha value is -5.12. The van der Waals surface area contributed by atoms with E-state index >= 15 is 0 Å². The van der Waals surface area contributed by atoms with Gasteiger partial charge < -0.3 is 25.0 Å². The number of aliphatic hydroxyl groups is 1. The smallest absolute Gasteiger partial charge is 0.303 e. The molecule has 8 nitrogen and oxygen atoms in total. The van der Waals surface area contributed by atoms with Gasteiger partial charge in [0.05, 0.1) is 25.2 Å². The maximum Gasteiger partial charge on any atom is 0.303 e. The van der Waals surface area contributed by atoms with Crippen molar-refractivity contribution < 1.29 is 29.3 Å². The highest BCUT2D eigenvalue weighted by Crippen LogP contribution is 2.39. The molecule has 1 aliphatic rings. The number of carbonyl (C=O) groups excluding carboxylic acids is 1. The summed E-state index contributed by atoms with van der Waals surface area (Å²) in [6.07, 6.45) is -0.505. The van der Waals surface area contributed by atoms with Gasteiger partial charge in [0, 0.05) is 44.6 Å². The van der Waals surface area contributed by atoms with Gasteiger partial charge >= 0.3 is 5.97 Å². The fourth-order valence-corrected chi connectivity index (χ4v) is 6.47. The molecule has 0 aromatic heterocycles. The summed E-state index contributed by atoms with van der Waals surface area (Å²) in [4.78, 5) is 25.5. The van der Waals surface area contributed by atoms with Gasteiger partial charge in [0.2, 0.25) is 5.91 Å². The van der Waals surface area contributed by atoms with E-state index in [1.165, 1.54) is 11.1 Å². The van der Waals surface area contributed by atoms with Crippen molar-refractivity contribution in [3.8, 4) is 11.1 Å². The summed E-state index contributed by atoms with van der Waals surface area (Å²) in [6, 6.07) is 44.9. The zero-order valence-electron chi connectivity index (χ0n) is 28.6. The third-order valence-electron chi connectivity index (χ3n) is 9.13. The van der Waals surface area contributed by atoms with E-state index in [-0.39, 0.29) is 37.6 Å². The van der Waals surface area contributed by atoms with E-state index < -0.39 is 12.3 Å². The Labute approximate surface area is 299 Å². The molecule has 5 aromatic carbocycles. The Morgan fingerprint density at radius 2 is 1.29 bits per heavy atom. The van der Waals surface area contributed by atoms with Crippen molar-refractivity contribution in [2.24, 2.45) is 0 Å². The Bertz CT molecular complexity index is 1810. The van der Waals surface area contributed by atoms with E-state index in [0.717, 1.165) is 46.5 Å². The lowest BCUT2D eigenvalue weighted by atomic mass is 9.97. The first-order chi connectivity index (χ1) is 24.9. The molecule has 0 radical (unpaired) electrons. The van der Waals surface area contributed by atoms with E-state index in [1.54, 1.807) is 0 Å². The Morgan fingerprint density at radius 3 is 1.92 bits per heavy atom. The predicted octanol–water partition coefficient (Wildman–Crippen LogP) is 7.57. The van der Waals surface area contributed by atoms with Gasteiger partial charge in [0.25, 0.3) is 0 Å². The number of amides is 1. The molecular weight excluding hydrogens is 640 g/mol. The van der Waals surface area contributed by atoms with Crippen LogP contribution >= 0.6 is 0 Å². The molecule has 3 N–H and O–H groups in total. The number of aliphatic carboxylic acids is 1. The van der Waals surface area contributed by atoms with Crippen LogP contribution in [0, 0.1) is 0 Å². The van der Waals surface area contributed by atoms with Gasteiger partial charge in [-0.15, -0.1) is 0 Å². The number of hydrogen-bond donors (Lipinski definition) is 3. The number of carboxylic acid groups (broad SMARTS) is 1. The van der Waals surface area contributed by atoms with Crippen LogP contribution in [-0.2, 0) is 45.3 Å². The number of rotatable bonds is 15. The van der Waals surface area contributed by atoms with Crippen LogP contribution in [0.15, 0.2) is 133 Å². The second kappa shape index (κ2) is 17.7. The summed E-state index contributed by atoms with van der Waals surface area (Å²) < 4.78 is 13.4. The number of hydrogen-bond acceptors (Lipinski definition) is 6. The highest BCUT2D eigenvalue weighted by molar-refractivity contribution is 5.80. The van der Waals surface area contributed by atoms with Crippen LogP contribution in [0.4, 0.5) is 0 Å². The molecule has 1 saturated heterocycles. The highest BCUT2D eigenvalue weighted by atomic mass is 16.7. The Balaban J connectivity index is 1.22. The molecule has 0 spiro atoms. The third-order valence-corrected chi connectivity index (χ3v) is 9.13. The SMILES string of the molecule is O=C(O)CCC(=O)NCc1ccccc1-c1ccc([C@@H]2O[C@H](CN(Cc3ccccc3)Cc3ccccc3)C[C@H](c3ccc(CO)cc3)O2)cc1. The maximum atomic E-state index is 12.2. The topological polar surface area (TPSA) is 108 Å². The standard InChI is InChI=1S/C43H44N2O6/c46-30-33-15-17-35(18-16-33)40-25-38(29-45(27-31-9-3-1-4-10-31)28-32-11-5-2-6-12-32)50-43(51-40)36-21-19-34(20-22-36)39-14-8-7-13-37(39)26-44-41(47)23-24-42(48)49/h1-22,38,40,43,46H,23-30H2,(H,44,47)(H,48,49)/t38-,40+,43+/m0/s1. The summed E-state index contributed by atoms with van der Waals surface area (Å²) in [7, 11) is 0. The van der Waals surface area contributed by atoms with Crippen LogP contribution in [0.2, 0.25) is 0 Å². The van der Waals surface area contributed by atoms with Gasteiger partial charge in [-0.1, -0.05) is 133 Å². The normalized spacial score (nSPS) is 17.3. The molecule has 1 heterocycles. The average Bonchev–Trinajstić information content (AvgIpc) is 3.17. The van der Waals surface area contributed by atoms with Crippen LogP contribution in [0.3, 0.4) is 0 Å². The minimum absolute atomic E-state index is 0.0132. The highest BCUT2D eigenvalue weighted by Gasteiger charge is 2.33. The predicted molar refractivity (Wildman–Crippen MR) is 196 cm³/mol. The molecule has 8 heteroatoms. The fourth-order valence-electron chi connectivity index (χ4n) is 6.47. The first kappa shape index (κ1) is 35.7. The molecular formula is C43H44N2O6. The second-order valence-corrected chi connectivity index (χ2v) is 12.9. The third kappa shape index (κ3) is 10.2. The minimum atomic E-state index is -0.995. The molecule has 0 aliphatic carbocycles. The molecule has 3 atom stereocenters. The number of nitrogens with zero attached hydrogens (tertiary/aromatic N) is 1. The maximum absolute atomic E-state index is 12.2. The molecule has 5 aromatic rings. The number of aliphatic hydroxyl groups excluding tert-OH is 1. The van der Waals surface area contributed by atoms with Crippen LogP contribution in [-0.4, -0.2) is 39.6 Å². The summed E-state index contributed by atoms with van der Waals surface area (Å²) >= 11 is 0. The van der Waals surface area contributed by atoms with Gasteiger partial charge in [0.1, 0.15) is 0 Å². The number of carboxylic acids is 1. The second-order valence-electron chi connectivity index (χ2n) is 12.9. The van der Waals surface area contributed by atoms with Gasteiger partial charge in [-0.05, 0) is 38.9 Å². The lowest BCUT2D eigenvalue weighted by molar-refractivity contribution is -0.253. The van der Waals surface area contributed by atoms with E-state index in [4.69, 9.17) is 14.6 Å². The Morgan fingerprint density at radius 1 is 0.686 bits per heavy atom. The number of ether oxygens (including phenoxy) is 2. The van der Waals surface area contributed by atoms with E-state index in [2.05, 4.69) is 58.7 Å². The quantitative estimate of drug-likeness (QED) is 0.104. The van der Waals surface area contributed by atoms with Crippen LogP contribution in [0.5, 0.6) is 0 Å². The monoisotopic (exact) mass is 684 g/mol. The summed E-state index contributed by atoms with van der Waals surface area (Å²) in [5.74, 6) is -1.29. The van der Waals surface area contributed by atoms with Crippen molar-refractivity contribution >= 4 is 11.9 Å². The summed E-state index contributed by atoms with van der Waals surface area (Å²) in [5, 5.41) is 21.4. The van der Waals surface area contributed by atoms with Crippen molar-refractivity contribution in [1.29, 1.82) is 0 Å². The zero-order chi connectivity index (χ0) is 35.4. The minimum Gasteiger partial charge on any atom is -0.481 e. The largest absolute Gasteiger partial charge is 0.481 e. The van der Waals surface area contributed by atoms with Gasteiger partial charge in [-0.2, -0.15) is 0 Å². The van der Waals surface area contributed by atoms with E-state index in [1.807, 2.05) is 84.9 Å². The van der Waals surface area contributed by atoms with E-state index in [0.29, 0.717) is 19.5 Å². The van der Waals surface area contributed by atoms with Crippen LogP contribution < -0.4 is 5.32 Å². The molecule has 0 saturated carbocycles. The molecule has 1 fully saturated rings. The fraction of sp³-hybridized carbons (Fsp3) is 0.256. The zero-order valence-corrected chi connectivity index (χ0v) is 28.6. The van der Waals surface area contributed by atoms with Crippen LogP contribution in [0.1, 0.15) is 65.0 Å². The average molecular weight is 685 g/mol.